The molecule has 2 N–H and O–H groups in total. The molecule has 0 saturated heterocycles. The Bertz CT molecular complexity index is 461. The number of hydrogen-bond donors (Lipinski definition) is 2. The summed E-state index contributed by atoms with van der Waals surface area (Å²) < 4.78 is 4.11. The lowest BCUT2D eigenvalue weighted by atomic mass is 10.1. The summed E-state index contributed by atoms with van der Waals surface area (Å²) in [5.41, 5.74) is 1.06. The van der Waals surface area contributed by atoms with Crippen LogP contribution in [-0.4, -0.2) is 34.6 Å². The van der Waals surface area contributed by atoms with Gasteiger partial charge in [0.15, 0.2) is 0 Å². The van der Waals surface area contributed by atoms with Crippen molar-refractivity contribution in [1.82, 2.24) is 5.32 Å². The predicted molar refractivity (Wildman–Crippen MR) is 75.0 cm³/mol. The van der Waals surface area contributed by atoms with Crippen LogP contribution >= 0.6 is 22.6 Å². The van der Waals surface area contributed by atoms with Gasteiger partial charge in [0.1, 0.15) is 9.67 Å². The second kappa shape index (κ2) is 6.58. The number of aryl methyl sites for hydroxylation is 1. The molecule has 0 fully saturated rings. The second-order valence-corrected chi connectivity index (χ2v) is 5.21. The van der Waals surface area contributed by atoms with E-state index in [2.05, 4.69) is 10.1 Å². The normalized spacial score (nSPS) is 11.7. The van der Waals surface area contributed by atoms with E-state index in [1.165, 1.54) is 13.2 Å². The van der Waals surface area contributed by atoms with Gasteiger partial charge in [-0.3, -0.25) is 9.59 Å². The Balaban J connectivity index is 2.60. The Labute approximate surface area is 119 Å². The quantitative estimate of drug-likeness (QED) is 0.482. The van der Waals surface area contributed by atoms with Crippen molar-refractivity contribution >= 4 is 34.5 Å². The minimum absolute atomic E-state index is 0.0710. The SMILES string of the molecule is COC(=O)C(I)CNC(=O)c1ccc(C)c(O)c1. The van der Waals surface area contributed by atoms with Crippen molar-refractivity contribution in [3.8, 4) is 5.75 Å². The largest absolute Gasteiger partial charge is 0.508 e. The number of nitrogens with one attached hydrogen (secondary N) is 1. The number of amides is 1. The molecule has 0 radical (unpaired) electrons. The summed E-state index contributed by atoms with van der Waals surface area (Å²) >= 11 is 1.89. The van der Waals surface area contributed by atoms with Gasteiger partial charge in [0, 0.05) is 12.1 Å². The second-order valence-electron chi connectivity index (χ2n) is 3.70. The van der Waals surface area contributed by atoms with Crippen molar-refractivity contribution in [3.05, 3.63) is 29.3 Å². The molecule has 98 valence electrons. The van der Waals surface area contributed by atoms with Crippen molar-refractivity contribution < 1.29 is 19.4 Å². The summed E-state index contributed by atoms with van der Waals surface area (Å²) in [5, 5.41) is 12.1. The molecular formula is C12H14INO4. The average Bonchev–Trinajstić information content (AvgIpc) is 2.37. The van der Waals surface area contributed by atoms with Gasteiger partial charge in [0.05, 0.1) is 7.11 Å². The highest BCUT2D eigenvalue weighted by atomic mass is 127. The summed E-state index contributed by atoms with van der Waals surface area (Å²) in [5.74, 6) is -0.653. The number of methoxy groups -OCH3 is 1. The molecule has 0 saturated carbocycles. The van der Waals surface area contributed by atoms with Gasteiger partial charge in [-0.15, -0.1) is 0 Å². The molecule has 1 rings (SSSR count). The van der Waals surface area contributed by atoms with Gasteiger partial charge in [0.25, 0.3) is 5.91 Å². The van der Waals surface area contributed by atoms with Crippen LogP contribution in [0, 0.1) is 6.92 Å². The minimum Gasteiger partial charge on any atom is -0.508 e. The number of hydrogen-bond acceptors (Lipinski definition) is 4. The molecule has 1 atom stereocenters. The van der Waals surface area contributed by atoms with Crippen molar-refractivity contribution in [1.29, 1.82) is 0 Å². The molecule has 0 aliphatic carbocycles. The third-order valence-corrected chi connectivity index (χ3v) is 3.32. The Hall–Kier alpha value is -1.31. The summed E-state index contributed by atoms with van der Waals surface area (Å²) in [6.07, 6.45) is 0. The topological polar surface area (TPSA) is 75.6 Å². The number of aromatic hydroxyl groups is 1. The van der Waals surface area contributed by atoms with E-state index in [0.717, 1.165) is 0 Å². The first-order chi connectivity index (χ1) is 8.45. The maximum Gasteiger partial charge on any atom is 0.320 e. The van der Waals surface area contributed by atoms with Crippen molar-refractivity contribution in [2.75, 3.05) is 13.7 Å². The minimum atomic E-state index is -0.435. The maximum atomic E-state index is 11.7. The van der Waals surface area contributed by atoms with E-state index in [1.54, 1.807) is 19.1 Å². The highest BCUT2D eigenvalue weighted by Gasteiger charge is 2.16. The van der Waals surface area contributed by atoms with Gasteiger partial charge >= 0.3 is 5.97 Å². The highest BCUT2D eigenvalue weighted by Crippen LogP contribution is 2.17. The fraction of sp³-hybridized carbons (Fsp3) is 0.333. The van der Waals surface area contributed by atoms with Crippen LogP contribution in [0.3, 0.4) is 0 Å². The van der Waals surface area contributed by atoms with Crippen LogP contribution in [0.2, 0.25) is 0 Å². The molecule has 1 amide bonds. The van der Waals surface area contributed by atoms with Gasteiger partial charge in [-0.25, -0.2) is 0 Å². The number of carbonyl (C=O) groups is 2. The van der Waals surface area contributed by atoms with E-state index in [4.69, 9.17) is 0 Å². The maximum absolute atomic E-state index is 11.7. The van der Waals surface area contributed by atoms with E-state index in [-0.39, 0.29) is 24.2 Å². The first kappa shape index (κ1) is 14.7. The summed E-state index contributed by atoms with van der Waals surface area (Å²) in [6, 6.07) is 4.67. The summed E-state index contributed by atoms with van der Waals surface area (Å²) in [4.78, 5) is 22.9. The Morgan fingerprint density at radius 3 is 2.72 bits per heavy atom. The molecule has 1 aromatic carbocycles. The van der Waals surface area contributed by atoms with E-state index < -0.39 is 3.92 Å². The first-order valence-corrected chi connectivity index (χ1v) is 6.50. The monoisotopic (exact) mass is 363 g/mol. The molecule has 1 unspecified atom stereocenters. The van der Waals surface area contributed by atoms with Crippen LogP contribution in [0.15, 0.2) is 18.2 Å². The number of esters is 1. The summed E-state index contributed by atoms with van der Waals surface area (Å²) in [7, 11) is 1.30. The van der Waals surface area contributed by atoms with Crippen molar-refractivity contribution in [3.63, 3.8) is 0 Å². The fourth-order valence-corrected chi connectivity index (χ4v) is 1.72. The van der Waals surface area contributed by atoms with Gasteiger partial charge in [-0.2, -0.15) is 0 Å². The van der Waals surface area contributed by atoms with Crippen LogP contribution in [-0.2, 0) is 9.53 Å². The first-order valence-electron chi connectivity index (χ1n) is 5.25. The Morgan fingerprint density at radius 2 is 2.17 bits per heavy atom. The van der Waals surface area contributed by atoms with E-state index >= 15 is 0 Å². The molecule has 6 heteroatoms. The number of rotatable bonds is 4. The zero-order valence-corrected chi connectivity index (χ0v) is 12.2. The van der Waals surface area contributed by atoms with Gasteiger partial charge in [0.2, 0.25) is 0 Å². The smallest absolute Gasteiger partial charge is 0.320 e. The molecule has 0 aliphatic heterocycles. The van der Waals surface area contributed by atoms with Crippen LogP contribution in [0.4, 0.5) is 0 Å². The number of benzene rings is 1. The lowest BCUT2D eigenvalue weighted by molar-refractivity contribution is -0.139. The number of carbonyl (C=O) groups excluding carboxylic acids is 2. The van der Waals surface area contributed by atoms with Crippen LogP contribution < -0.4 is 5.32 Å². The van der Waals surface area contributed by atoms with Crippen LogP contribution in [0.25, 0.3) is 0 Å². The van der Waals surface area contributed by atoms with Crippen LogP contribution in [0.1, 0.15) is 15.9 Å². The van der Waals surface area contributed by atoms with Gasteiger partial charge in [-0.05, 0) is 24.6 Å². The molecule has 0 heterocycles. The van der Waals surface area contributed by atoms with Gasteiger partial charge in [-0.1, -0.05) is 28.7 Å². The van der Waals surface area contributed by atoms with Crippen LogP contribution in [0.5, 0.6) is 5.75 Å². The molecule has 18 heavy (non-hydrogen) atoms. The number of phenolic OH excluding ortho intramolecular Hbond substituents is 1. The fourth-order valence-electron chi connectivity index (χ4n) is 1.25. The molecule has 0 aromatic heterocycles. The zero-order chi connectivity index (χ0) is 13.7. The highest BCUT2D eigenvalue weighted by molar-refractivity contribution is 14.1. The molecular weight excluding hydrogens is 349 g/mol. The van der Waals surface area contributed by atoms with Gasteiger partial charge < -0.3 is 15.2 Å². The number of halogens is 1. The summed E-state index contributed by atoms with van der Waals surface area (Å²) in [6.45, 7) is 1.93. The Kier molecular flexibility index (Phi) is 5.39. The van der Waals surface area contributed by atoms with E-state index in [9.17, 15) is 14.7 Å². The van der Waals surface area contributed by atoms with E-state index in [1.807, 2.05) is 22.6 Å². The third kappa shape index (κ3) is 3.86. The predicted octanol–water partition coefficient (Wildman–Crippen LogP) is 1.41. The average molecular weight is 363 g/mol. The van der Waals surface area contributed by atoms with E-state index in [0.29, 0.717) is 11.1 Å². The van der Waals surface area contributed by atoms with Crippen molar-refractivity contribution in [2.24, 2.45) is 0 Å². The third-order valence-electron chi connectivity index (χ3n) is 2.37. The standard InChI is InChI=1S/C12H14INO4/c1-7-3-4-8(5-10(7)15)11(16)14-6-9(13)12(17)18-2/h3-5,9,15H,6H2,1-2H3,(H,14,16). The lowest BCUT2D eigenvalue weighted by Crippen LogP contribution is -2.33. The molecule has 5 nitrogen and oxygen atoms in total. The number of phenols is 1. The van der Waals surface area contributed by atoms with Crippen molar-refractivity contribution in [2.45, 2.75) is 10.8 Å². The lowest BCUT2D eigenvalue weighted by Gasteiger charge is -2.09. The Morgan fingerprint density at radius 1 is 1.50 bits per heavy atom. The molecule has 0 bridgehead atoms. The number of ether oxygens (including phenoxy) is 1. The zero-order valence-electron chi connectivity index (χ0n) is 10.1. The molecule has 0 spiro atoms. The molecule has 0 aliphatic rings. The molecule has 1 aromatic rings. The number of alkyl halides is 1.